The van der Waals surface area contributed by atoms with Crippen LogP contribution < -0.4 is 10.6 Å². The number of carbonyl (C=O) groups excluding carboxylic acids is 5. The first-order valence-electron chi connectivity index (χ1n) is 15.6. The van der Waals surface area contributed by atoms with Gasteiger partial charge in [-0.15, -0.1) is 11.3 Å². The average molecular weight is 826 g/mol. The second-order valence-electron chi connectivity index (χ2n) is 12.8. The molecule has 300 valence electrons. The Morgan fingerprint density at radius 3 is 1.89 bits per heavy atom. The van der Waals surface area contributed by atoms with Gasteiger partial charge in [0.2, 0.25) is 18.6 Å². The van der Waals surface area contributed by atoms with E-state index in [1.54, 1.807) is 13.8 Å². The molecule has 2 fully saturated rings. The largest absolute Gasteiger partial charge is 0.478 e. The Hall–Kier alpha value is -3.01. The lowest BCUT2D eigenvalue weighted by atomic mass is 9.87. The number of nitrogens with one attached hydrogen (secondary N) is 2. The average Bonchev–Trinajstić information content (AvgIpc) is 3.45. The SMILES string of the molecule is COC(=O)CCNC(=O)[C@@H]1OP(=O)(OCOC(=O)c2sc(COC(=O)CCNC(=O)[C@@H]3O[P@@](=O)(OCC(F)(F)F)OCC3(C)C)nc2C)OCC1(C)C. The number of aryl methyl sites for hydroxylation is 1. The second-order valence-corrected chi connectivity index (χ2v) is 17.1. The number of carbonyl (C=O) groups is 5. The lowest BCUT2D eigenvalue weighted by Gasteiger charge is -2.39. The third-order valence-corrected chi connectivity index (χ3v) is 11.0. The minimum atomic E-state index is -4.82. The molecule has 0 radical (unpaired) electrons. The van der Waals surface area contributed by atoms with Crippen LogP contribution in [0.4, 0.5) is 13.2 Å². The van der Waals surface area contributed by atoms with Crippen molar-refractivity contribution in [1.82, 2.24) is 15.6 Å². The number of amides is 2. The molecule has 2 aliphatic heterocycles. The number of thiazole rings is 1. The lowest BCUT2D eigenvalue weighted by Crippen LogP contribution is -2.50. The summed E-state index contributed by atoms with van der Waals surface area (Å²) >= 11 is 0.820. The van der Waals surface area contributed by atoms with Crippen LogP contribution >= 0.6 is 27.0 Å². The summed E-state index contributed by atoms with van der Waals surface area (Å²) in [5.74, 6) is -3.83. The maximum absolute atomic E-state index is 13.0. The molecule has 25 heteroatoms. The van der Waals surface area contributed by atoms with Crippen LogP contribution in [0.2, 0.25) is 0 Å². The van der Waals surface area contributed by atoms with Gasteiger partial charge in [-0.05, 0) is 6.92 Å². The smallest absolute Gasteiger partial charge is 0.469 e. The van der Waals surface area contributed by atoms with Gasteiger partial charge < -0.3 is 24.8 Å². The lowest BCUT2D eigenvalue weighted by molar-refractivity contribution is -0.166. The number of halogens is 3. The topological polar surface area (TPSA) is 240 Å². The minimum Gasteiger partial charge on any atom is -0.469 e. The summed E-state index contributed by atoms with van der Waals surface area (Å²) in [6, 6.07) is 0. The van der Waals surface area contributed by atoms with Crippen LogP contribution in [0.5, 0.6) is 0 Å². The predicted molar refractivity (Wildman–Crippen MR) is 172 cm³/mol. The van der Waals surface area contributed by atoms with Gasteiger partial charge in [0.05, 0.1) is 38.9 Å². The molecule has 1 aromatic rings. The third kappa shape index (κ3) is 13.4. The van der Waals surface area contributed by atoms with E-state index in [-0.39, 0.29) is 54.7 Å². The predicted octanol–water partition coefficient (Wildman–Crippen LogP) is 3.49. The fraction of sp³-hybridized carbons (Fsp3) is 0.714. The van der Waals surface area contributed by atoms with E-state index >= 15 is 0 Å². The standard InChI is InChI=1S/C28H40F3N3O16P2S/c1-16-20(25(39)44-15-48-52(41)46-13-27(4,5)22(50-52)24(38)32-9-7-18(35)42-6)53-17(34-16)11-43-19(36)8-10-33-23(37)21-26(2,3)12-45-51(40,49-21)47-14-28(29,30)31/h21-22H,7-15H2,1-6H3,(H,32,38)(H,33,37)/t21-,22-,51+,52?/m0/s1. The molecule has 0 aromatic carbocycles. The van der Waals surface area contributed by atoms with Crippen LogP contribution in [0.1, 0.15) is 60.9 Å². The number of phosphoric acid groups is 2. The summed E-state index contributed by atoms with van der Waals surface area (Å²) in [6.07, 6.45) is -8.11. The minimum absolute atomic E-state index is 0.00440. The molecular formula is C28H40F3N3O16P2S. The molecule has 0 spiro atoms. The summed E-state index contributed by atoms with van der Waals surface area (Å²) in [4.78, 5) is 65.9. The Labute approximate surface area is 305 Å². The molecule has 2 amide bonds. The maximum Gasteiger partial charge on any atom is 0.478 e. The Morgan fingerprint density at radius 2 is 1.38 bits per heavy atom. The van der Waals surface area contributed by atoms with Crippen LogP contribution in [0.15, 0.2) is 0 Å². The maximum atomic E-state index is 13.0. The molecule has 0 aliphatic carbocycles. The fourth-order valence-corrected chi connectivity index (χ4v) is 8.34. The molecule has 3 rings (SSSR count). The first kappa shape index (κ1) is 44.4. The molecule has 2 saturated heterocycles. The van der Waals surface area contributed by atoms with Gasteiger partial charge in [-0.3, -0.25) is 41.8 Å². The zero-order valence-corrected chi connectivity index (χ0v) is 32.0. The summed E-state index contributed by atoms with van der Waals surface area (Å²) in [6.45, 7) is 3.54. The van der Waals surface area contributed by atoms with Gasteiger partial charge in [-0.1, -0.05) is 27.7 Å². The molecule has 53 heavy (non-hydrogen) atoms. The number of rotatable bonds is 16. The summed E-state index contributed by atoms with van der Waals surface area (Å²) in [5, 5.41) is 5.05. The van der Waals surface area contributed by atoms with Crippen molar-refractivity contribution in [3.8, 4) is 0 Å². The van der Waals surface area contributed by atoms with Crippen molar-refractivity contribution in [2.75, 3.05) is 46.8 Å². The van der Waals surface area contributed by atoms with Crippen molar-refractivity contribution < 1.29 is 87.6 Å². The number of hydrogen-bond acceptors (Lipinski definition) is 18. The van der Waals surface area contributed by atoms with Crippen LogP contribution in [-0.2, 0) is 76.3 Å². The van der Waals surface area contributed by atoms with Crippen molar-refractivity contribution in [2.45, 2.75) is 72.5 Å². The highest BCUT2D eigenvalue weighted by Crippen LogP contribution is 2.58. The van der Waals surface area contributed by atoms with E-state index in [0.29, 0.717) is 0 Å². The number of hydrogen-bond donors (Lipinski definition) is 2. The highest BCUT2D eigenvalue weighted by molar-refractivity contribution is 7.48. The quantitative estimate of drug-likeness (QED) is 0.105. The van der Waals surface area contributed by atoms with Gasteiger partial charge >= 0.3 is 39.7 Å². The van der Waals surface area contributed by atoms with Crippen LogP contribution in [0, 0.1) is 17.8 Å². The molecule has 2 N–H and O–H groups in total. The van der Waals surface area contributed by atoms with E-state index in [4.69, 9.17) is 32.1 Å². The van der Waals surface area contributed by atoms with E-state index in [1.165, 1.54) is 27.9 Å². The zero-order chi connectivity index (χ0) is 39.8. The number of nitrogens with zero attached hydrogens (tertiary/aromatic N) is 1. The summed E-state index contributed by atoms with van der Waals surface area (Å²) in [5.41, 5.74) is -1.85. The van der Waals surface area contributed by atoms with Crippen molar-refractivity contribution in [3.05, 3.63) is 15.6 Å². The van der Waals surface area contributed by atoms with Crippen molar-refractivity contribution in [2.24, 2.45) is 10.8 Å². The van der Waals surface area contributed by atoms with E-state index in [2.05, 4.69) is 24.9 Å². The van der Waals surface area contributed by atoms with Crippen molar-refractivity contribution in [3.63, 3.8) is 0 Å². The molecule has 1 aromatic heterocycles. The molecule has 3 heterocycles. The monoisotopic (exact) mass is 825 g/mol. The van der Waals surface area contributed by atoms with E-state index < -0.39 is 94.6 Å². The van der Waals surface area contributed by atoms with Gasteiger partial charge in [-0.25, -0.2) is 23.4 Å². The van der Waals surface area contributed by atoms with Crippen molar-refractivity contribution in [1.29, 1.82) is 0 Å². The molecular weight excluding hydrogens is 785 g/mol. The molecule has 4 atom stereocenters. The number of esters is 3. The highest BCUT2D eigenvalue weighted by atomic mass is 32.1. The van der Waals surface area contributed by atoms with Crippen LogP contribution in [0.25, 0.3) is 0 Å². The molecule has 0 saturated carbocycles. The van der Waals surface area contributed by atoms with Crippen molar-refractivity contribution >= 4 is 56.7 Å². The fourth-order valence-electron chi connectivity index (χ4n) is 4.33. The Bertz CT molecular complexity index is 1620. The molecule has 1 unspecified atom stereocenters. The third-order valence-electron chi connectivity index (χ3n) is 7.21. The zero-order valence-electron chi connectivity index (χ0n) is 29.4. The number of phosphoric ester groups is 2. The van der Waals surface area contributed by atoms with Gasteiger partial charge in [0.15, 0.2) is 18.8 Å². The second kappa shape index (κ2) is 18.1. The van der Waals surface area contributed by atoms with Gasteiger partial charge in [0, 0.05) is 23.9 Å². The Kier molecular flexibility index (Phi) is 15.1. The van der Waals surface area contributed by atoms with Crippen LogP contribution in [-0.4, -0.2) is 99.9 Å². The first-order chi connectivity index (χ1) is 24.5. The Balaban J connectivity index is 1.44. The number of methoxy groups -OCH3 is 1. The van der Waals surface area contributed by atoms with E-state index in [9.17, 15) is 46.3 Å². The van der Waals surface area contributed by atoms with Crippen LogP contribution in [0.3, 0.4) is 0 Å². The molecule has 0 bridgehead atoms. The molecule has 2 aliphatic rings. The summed E-state index contributed by atoms with van der Waals surface area (Å²) in [7, 11) is -7.88. The molecule has 19 nitrogen and oxygen atoms in total. The Morgan fingerprint density at radius 1 is 0.868 bits per heavy atom. The van der Waals surface area contributed by atoms with E-state index in [1.807, 2.05) is 0 Å². The number of alkyl halides is 3. The highest BCUT2D eigenvalue weighted by Gasteiger charge is 2.51. The van der Waals surface area contributed by atoms with E-state index in [0.717, 1.165) is 11.3 Å². The number of aromatic nitrogens is 1. The van der Waals surface area contributed by atoms with Gasteiger partial charge in [-0.2, -0.15) is 13.2 Å². The number of ether oxygens (including phenoxy) is 3. The first-order valence-corrected chi connectivity index (χ1v) is 19.3. The van der Waals surface area contributed by atoms with Gasteiger partial charge in [0.25, 0.3) is 0 Å². The normalized spacial score (nSPS) is 25.2. The van der Waals surface area contributed by atoms with Gasteiger partial charge in [0.1, 0.15) is 16.5 Å². The summed E-state index contributed by atoms with van der Waals surface area (Å²) < 4.78 is 108.